The number of ether oxygens (including phenoxy) is 6. The molecule has 4 aromatic rings. The summed E-state index contributed by atoms with van der Waals surface area (Å²) in [6, 6.07) is 31.9. The van der Waals surface area contributed by atoms with Crippen LogP contribution in [0.15, 0.2) is 107 Å². The Balaban J connectivity index is 0.000000384. The van der Waals surface area contributed by atoms with Gasteiger partial charge in [0, 0.05) is 81.7 Å². The standard InChI is InChI=1S/C30H56N2O5S.C29H54N2O6S.2C6H6/c1-7-10-12-30(13-11-8-2)24-38(6,34)28-23-27(26(32(4)5)21-25(28)22-29(30)33)37-20-19-36-18-17-35-16-15-31-14-9-3;1-6-9-11-29(12-10-7-2)23-38(33,34)27-22-26(25(31(4)5)20-24(27)21-28(29)32)37-19-18-36-17-16-35-15-14-30-13-8-3;2*1-2-4-6-5-3-1/h21,23,29,31,33-34H,7-20,22,24H2,1-6H3;20,22,28,30,32-34H,6-19,21,23H2,1-5H3;2*1-6H/t29-;28-;;/m00../s1. The Labute approximate surface area is 537 Å². The van der Waals surface area contributed by atoms with Gasteiger partial charge in [0.15, 0.2) is 0 Å². The Kier molecular flexibility index (Phi) is 40.0. The van der Waals surface area contributed by atoms with E-state index < -0.39 is 38.5 Å². The normalized spacial score (nSPS) is 19.0. The number of nitrogens with zero attached hydrogens (tertiary/aromatic N) is 2. The van der Waals surface area contributed by atoms with Crippen LogP contribution in [0, 0.1) is 10.8 Å². The van der Waals surface area contributed by atoms with E-state index in [0.29, 0.717) is 95.3 Å². The number of unbranched alkanes of at least 4 members (excludes halogenated alkanes) is 4. The highest BCUT2D eigenvalue weighted by atomic mass is 32.3. The molecular weight excluding hydrogens is 1150 g/mol. The highest BCUT2D eigenvalue weighted by Gasteiger charge is 2.46. The monoisotopic (exact) mass is 1270 g/mol. The lowest BCUT2D eigenvalue weighted by Gasteiger charge is -2.44. The van der Waals surface area contributed by atoms with Crippen LogP contribution in [-0.2, 0) is 31.8 Å². The van der Waals surface area contributed by atoms with Crippen LogP contribution in [-0.4, -0.2) is 174 Å². The fraction of sp³-hybridized carbons (Fsp3) is 0.662. The minimum atomic E-state index is -3.11. The number of fused-ring (bicyclic) bond motifs is 2. The topological polar surface area (TPSA) is 187 Å². The molecular formula is C71H122N4O11S2. The van der Waals surface area contributed by atoms with Gasteiger partial charge < -0.3 is 63.6 Å². The first-order valence-electron chi connectivity index (χ1n) is 33.2. The molecule has 17 heteroatoms. The van der Waals surface area contributed by atoms with E-state index in [1.807, 2.05) is 129 Å². The maximum absolute atomic E-state index is 11.9. The SMILES string of the molecule is CCCCC1(CCCC)CS(C)(O)c2cc(OCCOCCOCCNCCC)c(N(C)C)cc2C[C@@H]1O.CCCCC1(CCCC)CS(O)(O)c2cc(OCCOCCOCCNCCC)c(N(C)C)cc2C[C@@H]1O.c1ccccc1.c1ccccc1. The van der Waals surface area contributed by atoms with Gasteiger partial charge in [0.25, 0.3) is 0 Å². The molecule has 3 atom stereocenters. The van der Waals surface area contributed by atoms with Crippen molar-refractivity contribution in [1.29, 1.82) is 0 Å². The molecule has 0 fully saturated rings. The number of hydrogen-bond acceptors (Lipinski definition) is 15. The third kappa shape index (κ3) is 28.5. The zero-order chi connectivity index (χ0) is 64.5. The number of anilines is 2. The molecule has 6 rings (SSSR count). The molecule has 504 valence electrons. The van der Waals surface area contributed by atoms with Crippen LogP contribution in [0.25, 0.3) is 0 Å². The van der Waals surface area contributed by atoms with E-state index in [1.54, 1.807) is 6.07 Å². The van der Waals surface area contributed by atoms with Gasteiger partial charge in [0.05, 0.1) is 87.1 Å². The van der Waals surface area contributed by atoms with Gasteiger partial charge in [0.1, 0.15) is 24.7 Å². The predicted molar refractivity (Wildman–Crippen MR) is 373 cm³/mol. The summed E-state index contributed by atoms with van der Waals surface area (Å²) in [5, 5.41) is 29.6. The van der Waals surface area contributed by atoms with Crippen molar-refractivity contribution in [2.45, 2.75) is 166 Å². The summed E-state index contributed by atoms with van der Waals surface area (Å²) in [4.78, 5) is 5.47. The summed E-state index contributed by atoms with van der Waals surface area (Å²) in [7, 11) is 2.66. The molecule has 4 aromatic carbocycles. The summed E-state index contributed by atoms with van der Waals surface area (Å²) < 4.78 is 69.7. The number of benzene rings is 4. The minimum Gasteiger partial charge on any atom is -0.489 e. The fourth-order valence-electron chi connectivity index (χ4n) is 11.4. The molecule has 0 aliphatic carbocycles. The molecule has 2 aliphatic rings. The molecule has 15 nitrogen and oxygen atoms in total. The van der Waals surface area contributed by atoms with Crippen molar-refractivity contribution >= 4 is 32.3 Å². The molecule has 0 saturated heterocycles. The van der Waals surface area contributed by atoms with Crippen molar-refractivity contribution < 1.29 is 52.3 Å². The second-order valence-electron chi connectivity index (χ2n) is 24.2. The maximum atomic E-state index is 11.9. The Morgan fingerprint density at radius 1 is 0.432 bits per heavy atom. The molecule has 0 amide bonds. The summed E-state index contributed by atoms with van der Waals surface area (Å²) in [5.41, 5.74) is 2.92. The first-order chi connectivity index (χ1) is 42.4. The third-order valence-corrected chi connectivity index (χ3v) is 20.8. The van der Waals surface area contributed by atoms with E-state index >= 15 is 0 Å². The highest BCUT2D eigenvalue weighted by Crippen LogP contribution is 2.62. The number of hydrogen-bond donors (Lipinski definition) is 7. The van der Waals surface area contributed by atoms with Gasteiger partial charge >= 0.3 is 0 Å². The van der Waals surface area contributed by atoms with E-state index in [0.717, 1.165) is 149 Å². The fourth-order valence-corrected chi connectivity index (χ4v) is 16.5. The summed E-state index contributed by atoms with van der Waals surface area (Å²) >= 11 is 0. The lowest BCUT2D eigenvalue weighted by molar-refractivity contribution is 0.0241. The largest absolute Gasteiger partial charge is 0.489 e. The van der Waals surface area contributed by atoms with Gasteiger partial charge in [-0.1, -0.05) is 166 Å². The molecule has 1 unspecified atom stereocenters. The minimum absolute atomic E-state index is 0.200. The van der Waals surface area contributed by atoms with Gasteiger partial charge in [-0.25, -0.2) is 0 Å². The molecule has 0 saturated carbocycles. The first-order valence-corrected chi connectivity index (χ1v) is 37.1. The van der Waals surface area contributed by atoms with Crippen molar-refractivity contribution in [3.8, 4) is 11.5 Å². The number of aliphatic hydroxyl groups is 2. The van der Waals surface area contributed by atoms with Crippen molar-refractivity contribution in [1.82, 2.24) is 10.6 Å². The van der Waals surface area contributed by atoms with E-state index in [4.69, 9.17) is 28.4 Å². The van der Waals surface area contributed by atoms with Gasteiger partial charge in [-0.2, -0.15) is 10.6 Å². The zero-order valence-electron chi connectivity index (χ0n) is 56.4. The van der Waals surface area contributed by atoms with E-state index in [2.05, 4.69) is 58.2 Å². The van der Waals surface area contributed by atoms with E-state index in [1.165, 1.54) is 0 Å². The maximum Gasteiger partial charge on any atom is 0.144 e. The van der Waals surface area contributed by atoms with Crippen LogP contribution in [0.2, 0.25) is 0 Å². The average molecular weight is 1270 g/mol. The van der Waals surface area contributed by atoms with Gasteiger partial charge in [0.2, 0.25) is 0 Å². The van der Waals surface area contributed by atoms with Crippen LogP contribution in [0.3, 0.4) is 0 Å². The Morgan fingerprint density at radius 2 is 0.750 bits per heavy atom. The van der Waals surface area contributed by atoms with Crippen molar-refractivity contribution in [2.24, 2.45) is 10.8 Å². The molecule has 0 spiro atoms. The quantitative estimate of drug-likeness (QED) is 0.0210. The second-order valence-corrected chi connectivity index (χ2v) is 29.0. The summed E-state index contributed by atoms with van der Waals surface area (Å²) in [6.07, 6.45) is 16.0. The lowest BCUT2D eigenvalue weighted by atomic mass is 9.73. The Bertz CT molecular complexity index is 2140. The van der Waals surface area contributed by atoms with E-state index in [9.17, 15) is 23.9 Å². The smallest absolute Gasteiger partial charge is 0.144 e. The zero-order valence-corrected chi connectivity index (χ0v) is 58.0. The van der Waals surface area contributed by atoms with Crippen LogP contribution in [0.4, 0.5) is 11.4 Å². The second kappa shape index (κ2) is 44.8. The molecule has 0 aromatic heterocycles. The average Bonchev–Trinajstić information content (AvgIpc) is 1.85. The van der Waals surface area contributed by atoms with E-state index in [-0.39, 0.29) is 11.2 Å². The predicted octanol–water partition coefficient (Wildman–Crippen LogP) is 14.6. The lowest BCUT2D eigenvalue weighted by Crippen LogP contribution is -2.40. The first kappa shape index (κ1) is 78.6. The van der Waals surface area contributed by atoms with Gasteiger partial charge in [-0.05, 0) is 87.2 Å². The van der Waals surface area contributed by atoms with Crippen molar-refractivity contribution in [3.63, 3.8) is 0 Å². The molecule has 0 radical (unpaired) electrons. The third-order valence-electron chi connectivity index (χ3n) is 16.2. The van der Waals surface area contributed by atoms with Crippen LogP contribution >= 0.6 is 20.9 Å². The molecule has 7 N–H and O–H groups in total. The Morgan fingerprint density at radius 3 is 1.09 bits per heavy atom. The van der Waals surface area contributed by atoms with Crippen LogP contribution in [0.1, 0.15) is 143 Å². The van der Waals surface area contributed by atoms with Crippen LogP contribution < -0.4 is 29.9 Å². The molecule has 2 aliphatic heterocycles. The van der Waals surface area contributed by atoms with Gasteiger partial charge in [-0.15, -0.1) is 10.3 Å². The summed E-state index contributed by atoms with van der Waals surface area (Å²) in [6.45, 7) is 21.9. The number of rotatable bonds is 38. The highest BCUT2D eigenvalue weighted by molar-refractivity contribution is 8.28. The van der Waals surface area contributed by atoms with Crippen molar-refractivity contribution in [2.75, 3.05) is 148 Å². The Hall–Kier alpha value is -3.66. The van der Waals surface area contributed by atoms with Crippen LogP contribution in [0.5, 0.6) is 11.5 Å². The van der Waals surface area contributed by atoms with Gasteiger partial charge in [-0.3, -0.25) is 9.11 Å². The molecule has 0 bridgehead atoms. The summed E-state index contributed by atoms with van der Waals surface area (Å²) in [5.74, 6) is 2.20. The molecule has 2 heterocycles. The number of aliphatic hydroxyl groups excluding tert-OH is 2. The number of nitrogens with one attached hydrogen (secondary N) is 2. The van der Waals surface area contributed by atoms with Crippen molar-refractivity contribution in [3.05, 3.63) is 108 Å². The molecule has 88 heavy (non-hydrogen) atoms.